The molecule has 0 radical (unpaired) electrons. The van der Waals surface area contributed by atoms with Crippen molar-refractivity contribution in [1.29, 1.82) is 0 Å². The largest absolute Gasteiger partial charge is 0.336 e. The molecule has 2 aromatic rings. The topological polar surface area (TPSA) is 62.2 Å². The Kier molecular flexibility index (Phi) is 6.52. The summed E-state index contributed by atoms with van der Waals surface area (Å²) >= 11 is 0. The lowest BCUT2D eigenvalue weighted by Crippen LogP contribution is -2.44. The zero-order valence-electron chi connectivity index (χ0n) is 15.2. The van der Waals surface area contributed by atoms with E-state index in [0.717, 1.165) is 5.56 Å². The number of carbonyl (C=O) groups excluding carboxylic acids is 1. The highest BCUT2D eigenvalue weighted by Gasteiger charge is 2.17. The Labute approximate surface area is 148 Å². The Morgan fingerprint density at radius 3 is 2.68 bits per heavy atom. The number of hydrogen-bond acceptors (Lipinski definition) is 3. The van der Waals surface area contributed by atoms with E-state index in [-0.39, 0.29) is 23.9 Å². The van der Waals surface area contributed by atoms with E-state index >= 15 is 0 Å². The SMILES string of the molecule is C[C@H](Cc1ccccc1F)NC(=O)NC[C@H](c1cnn(C)c1)N(C)C. The van der Waals surface area contributed by atoms with Crippen LogP contribution in [-0.4, -0.2) is 47.4 Å². The first-order chi connectivity index (χ1) is 11.9. The van der Waals surface area contributed by atoms with E-state index in [4.69, 9.17) is 0 Å². The van der Waals surface area contributed by atoms with E-state index in [1.54, 1.807) is 29.1 Å². The summed E-state index contributed by atoms with van der Waals surface area (Å²) in [6, 6.07) is 6.20. The number of rotatable bonds is 7. The highest BCUT2D eigenvalue weighted by molar-refractivity contribution is 5.74. The number of aromatic nitrogens is 2. The maximum Gasteiger partial charge on any atom is 0.315 e. The van der Waals surface area contributed by atoms with Crippen LogP contribution in [0.5, 0.6) is 0 Å². The van der Waals surface area contributed by atoms with Crippen molar-refractivity contribution in [1.82, 2.24) is 25.3 Å². The van der Waals surface area contributed by atoms with Crippen LogP contribution in [0.1, 0.15) is 24.1 Å². The van der Waals surface area contributed by atoms with Crippen molar-refractivity contribution in [3.05, 3.63) is 53.6 Å². The summed E-state index contributed by atoms with van der Waals surface area (Å²) in [5, 5.41) is 9.91. The lowest BCUT2D eigenvalue weighted by molar-refractivity contribution is 0.230. The maximum absolute atomic E-state index is 13.7. The molecule has 0 aliphatic carbocycles. The average molecular weight is 347 g/mol. The van der Waals surface area contributed by atoms with Gasteiger partial charge in [0.25, 0.3) is 0 Å². The van der Waals surface area contributed by atoms with Gasteiger partial charge in [-0.2, -0.15) is 5.10 Å². The number of carbonyl (C=O) groups is 1. The van der Waals surface area contributed by atoms with Gasteiger partial charge in [0.1, 0.15) is 5.82 Å². The second kappa shape index (κ2) is 8.62. The van der Waals surface area contributed by atoms with Crippen LogP contribution >= 0.6 is 0 Å². The summed E-state index contributed by atoms with van der Waals surface area (Å²) < 4.78 is 15.4. The summed E-state index contributed by atoms with van der Waals surface area (Å²) in [6.45, 7) is 2.31. The van der Waals surface area contributed by atoms with E-state index in [1.165, 1.54) is 6.07 Å². The third-order valence-corrected chi connectivity index (χ3v) is 4.05. The zero-order valence-corrected chi connectivity index (χ0v) is 15.2. The first-order valence-corrected chi connectivity index (χ1v) is 8.29. The summed E-state index contributed by atoms with van der Waals surface area (Å²) in [5.41, 5.74) is 1.63. The number of amides is 2. The Morgan fingerprint density at radius 2 is 2.08 bits per heavy atom. The average Bonchev–Trinajstić information content (AvgIpc) is 2.95. The third-order valence-electron chi connectivity index (χ3n) is 4.05. The summed E-state index contributed by atoms with van der Waals surface area (Å²) in [4.78, 5) is 14.2. The van der Waals surface area contributed by atoms with Crippen molar-refractivity contribution in [2.75, 3.05) is 20.6 Å². The van der Waals surface area contributed by atoms with Crippen molar-refractivity contribution in [2.45, 2.75) is 25.4 Å². The van der Waals surface area contributed by atoms with E-state index in [1.807, 2.05) is 39.2 Å². The van der Waals surface area contributed by atoms with E-state index in [2.05, 4.69) is 15.7 Å². The van der Waals surface area contributed by atoms with Crippen molar-refractivity contribution in [3.63, 3.8) is 0 Å². The molecule has 0 saturated heterocycles. The third kappa shape index (κ3) is 5.56. The van der Waals surface area contributed by atoms with Gasteiger partial charge in [0.05, 0.1) is 12.2 Å². The molecule has 0 aliphatic heterocycles. The molecular formula is C18H26FN5O. The molecule has 2 atom stereocenters. The number of benzene rings is 1. The summed E-state index contributed by atoms with van der Waals surface area (Å²) in [7, 11) is 5.77. The standard InChI is InChI=1S/C18H26FN5O/c1-13(9-14-7-5-6-8-16(14)19)22-18(25)20-11-17(23(2)3)15-10-21-24(4)12-15/h5-8,10,12-13,17H,9,11H2,1-4H3,(H2,20,22,25)/t13-,17-/m1/s1. The van der Waals surface area contributed by atoms with Crippen LogP contribution < -0.4 is 10.6 Å². The van der Waals surface area contributed by atoms with Gasteiger partial charge < -0.3 is 15.5 Å². The fourth-order valence-corrected chi connectivity index (χ4v) is 2.72. The smallest absolute Gasteiger partial charge is 0.315 e. The highest BCUT2D eigenvalue weighted by atomic mass is 19.1. The lowest BCUT2D eigenvalue weighted by Gasteiger charge is -2.24. The van der Waals surface area contributed by atoms with Gasteiger partial charge in [-0.05, 0) is 39.1 Å². The fourth-order valence-electron chi connectivity index (χ4n) is 2.72. The van der Waals surface area contributed by atoms with Gasteiger partial charge >= 0.3 is 6.03 Å². The monoisotopic (exact) mass is 347 g/mol. The molecule has 136 valence electrons. The first kappa shape index (κ1) is 18.9. The number of urea groups is 1. The predicted molar refractivity (Wildman–Crippen MR) is 95.7 cm³/mol. The van der Waals surface area contributed by atoms with Crippen LogP contribution in [0.4, 0.5) is 9.18 Å². The fraction of sp³-hybridized carbons (Fsp3) is 0.444. The van der Waals surface area contributed by atoms with Crippen LogP contribution in [0.3, 0.4) is 0 Å². The maximum atomic E-state index is 13.7. The quantitative estimate of drug-likeness (QED) is 0.806. The number of aryl methyl sites for hydroxylation is 1. The van der Waals surface area contributed by atoms with Crippen LogP contribution in [0.2, 0.25) is 0 Å². The van der Waals surface area contributed by atoms with Crippen molar-refractivity contribution < 1.29 is 9.18 Å². The van der Waals surface area contributed by atoms with Gasteiger partial charge in [-0.3, -0.25) is 4.68 Å². The molecule has 7 heteroatoms. The second-order valence-corrected chi connectivity index (χ2v) is 6.48. The molecule has 2 N–H and O–H groups in total. The Balaban J connectivity index is 1.85. The van der Waals surface area contributed by atoms with Crippen LogP contribution in [0, 0.1) is 5.82 Å². The molecule has 0 fully saturated rings. The molecule has 1 aromatic heterocycles. The van der Waals surface area contributed by atoms with Gasteiger partial charge in [0, 0.05) is 31.4 Å². The van der Waals surface area contributed by atoms with Gasteiger partial charge in [0.2, 0.25) is 0 Å². The molecule has 1 aromatic carbocycles. The number of likely N-dealkylation sites (N-methyl/N-ethyl adjacent to an activating group) is 1. The van der Waals surface area contributed by atoms with Gasteiger partial charge in [-0.1, -0.05) is 18.2 Å². The predicted octanol–water partition coefficient (Wildman–Crippen LogP) is 2.09. The van der Waals surface area contributed by atoms with E-state index in [9.17, 15) is 9.18 Å². The zero-order chi connectivity index (χ0) is 18.4. The van der Waals surface area contributed by atoms with E-state index < -0.39 is 0 Å². The highest BCUT2D eigenvalue weighted by Crippen LogP contribution is 2.16. The molecule has 25 heavy (non-hydrogen) atoms. The Bertz CT molecular complexity index is 700. The molecule has 0 aliphatic rings. The normalized spacial score (nSPS) is 13.5. The van der Waals surface area contributed by atoms with Crippen LogP contribution in [0.15, 0.2) is 36.7 Å². The van der Waals surface area contributed by atoms with Crippen LogP contribution in [0.25, 0.3) is 0 Å². The minimum atomic E-state index is -0.264. The van der Waals surface area contributed by atoms with E-state index in [0.29, 0.717) is 18.5 Å². The van der Waals surface area contributed by atoms with Gasteiger partial charge in [-0.25, -0.2) is 9.18 Å². The number of nitrogens with one attached hydrogen (secondary N) is 2. The number of halogens is 1. The number of hydrogen-bond donors (Lipinski definition) is 2. The Morgan fingerprint density at radius 1 is 1.36 bits per heavy atom. The van der Waals surface area contributed by atoms with Crippen molar-refractivity contribution in [3.8, 4) is 0 Å². The minimum Gasteiger partial charge on any atom is -0.336 e. The lowest BCUT2D eigenvalue weighted by atomic mass is 10.1. The molecule has 0 bridgehead atoms. The molecule has 0 spiro atoms. The number of nitrogens with zero attached hydrogens (tertiary/aromatic N) is 3. The Hall–Kier alpha value is -2.41. The van der Waals surface area contributed by atoms with Crippen molar-refractivity contribution in [2.24, 2.45) is 7.05 Å². The molecule has 2 amide bonds. The van der Waals surface area contributed by atoms with Gasteiger partial charge in [0.15, 0.2) is 0 Å². The van der Waals surface area contributed by atoms with Crippen molar-refractivity contribution >= 4 is 6.03 Å². The minimum absolute atomic E-state index is 0.0290. The molecule has 1 heterocycles. The molecule has 0 unspecified atom stereocenters. The first-order valence-electron chi connectivity index (χ1n) is 8.29. The molecular weight excluding hydrogens is 321 g/mol. The van der Waals surface area contributed by atoms with Crippen LogP contribution in [-0.2, 0) is 13.5 Å². The second-order valence-electron chi connectivity index (χ2n) is 6.48. The molecule has 2 rings (SSSR count). The summed E-state index contributed by atoms with van der Waals surface area (Å²) in [5.74, 6) is -0.249. The van der Waals surface area contributed by atoms with Gasteiger partial charge in [-0.15, -0.1) is 0 Å². The molecule has 0 saturated carbocycles. The summed E-state index contributed by atoms with van der Waals surface area (Å²) in [6.07, 6.45) is 4.18. The molecule has 6 nitrogen and oxygen atoms in total.